The molecule has 3 atom stereocenters. The number of benzene rings is 2. The fraction of sp³-hybridized carbons (Fsp3) is 0.333. The van der Waals surface area contributed by atoms with Gasteiger partial charge in [0.05, 0.1) is 0 Å². The van der Waals surface area contributed by atoms with Crippen molar-refractivity contribution in [1.29, 1.82) is 0 Å². The van der Waals surface area contributed by atoms with Crippen LogP contribution in [0.15, 0.2) is 60.7 Å². The van der Waals surface area contributed by atoms with E-state index < -0.39 is 46.3 Å². The van der Waals surface area contributed by atoms with Crippen molar-refractivity contribution in [1.82, 2.24) is 4.90 Å². The minimum atomic E-state index is -3.82. The van der Waals surface area contributed by atoms with Crippen LogP contribution < -0.4 is 0 Å². The van der Waals surface area contributed by atoms with Gasteiger partial charge in [0.15, 0.2) is 23.6 Å². The smallest absolute Gasteiger partial charge is 0.331 e. The van der Waals surface area contributed by atoms with Crippen LogP contribution in [0.2, 0.25) is 0 Å². The van der Waals surface area contributed by atoms with E-state index in [1.807, 2.05) is 60.7 Å². The number of sulfone groups is 1. The summed E-state index contributed by atoms with van der Waals surface area (Å²) in [5.74, 6) is -1.18. The fourth-order valence-corrected chi connectivity index (χ4v) is 8.88. The second-order valence-electron chi connectivity index (χ2n) is 7.88. The van der Waals surface area contributed by atoms with Gasteiger partial charge in [-0.3, -0.25) is 4.79 Å². The lowest BCUT2D eigenvalue weighted by atomic mass is 9.97. The highest BCUT2D eigenvalue weighted by molar-refractivity contribution is 14.1. The molecule has 30 heavy (non-hydrogen) atoms. The summed E-state index contributed by atoms with van der Waals surface area (Å²) in [7, 11) is -3.82. The van der Waals surface area contributed by atoms with E-state index >= 15 is 0 Å². The second-order valence-corrected chi connectivity index (χ2v) is 14.9. The lowest BCUT2D eigenvalue weighted by Crippen LogP contribution is -2.69. The zero-order chi connectivity index (χ0) is 21.9. The molecule has 4 rings (SSSR count). The lowest BCUT2D eigenvalue weighted by molar-refractivity contribution is -0.163. The van der Waals surface area contributed by atoms with Gasteiger partial charge in [-0.1, -0.05) is 99.2 Å². The van der Waals surface area contributed by atoms with Gasteiger partial charge in [-0.15, -0.1) is 0 Å². The van der Waals surface area contributed by atoms with Crippen molar-refractivity contribution in [2.75, 3.05) is 0 Å². The summed E-state index contributed by atoms with van der Waals surface area (Å²) in [4.78, 5) is 27.2. The number of carbonyl (C=O) groups excluding carboxylic acids is 2. The monoisotopic (exact) mass is 603 g/mol. The van der Waals surface area contributed by atoms with Crippen LogP contribution in [0.4, 0.5) is 0 Å². The van der Waals surface area contributed by atoms with Crippen LogP contribution in [0.1, 0.15) is 31.1 Å². The maximum absolute atomic E-state index is 13.4. The Hall–Kier alpha value is -1.46. The largest absolute Gasteiger partial charge is 0.451 e. The quantitative estimate of drug-likeness (QED) is 0.231. The summed E-state index contributed by atoms with van der Waals surface area (Å²) < 4.78 is 29.4. The van der Waals surface area contributed by atoms with Crippen molar-refractivity contribution in [3.63, 3.8) is 0 Å². The van der Waals surface area contributed by atoms with Gasteiger partial charge in [0.25, 0.3) is 5.91 Å². The molecule has 0 unspecified atom stereocenters. The molecule has 0 bridgehead atoms. The first-order chi connectivity index (χ1) is 14.0. The number of hydrogen-bond acceptors (Lipinski definition) is 5. The predicted octanol–water partition coefficient (Wildman–Crippen LogP) is 3.59. The number of esters is 1. The molecule has 0 spiro atoms. The lowest BCUT2D eigenvalue weighted by Gasteiger charge is -2.45. The Kier molecular flexibility index (Phi) is 5.30. The summed E-state index contributed by atoms with van der Waals surface area (Å²) in [5, 5.41) is -1.11. The van der Waals surface area contributed by atoms with Crippen molar-refractivity contribution < 1.29 is 22.7 Å². The zero-order valence-corrected chi connectivity index (χ0v) is 20.7. The Bertz CT molecular complexity index is 1070. The summed E-state index contributed by atoms with van der Waals surface area (Å²) >= 11 is 5.01. The summed E-state index contributed by atoms with van der Waals surface area (Å²) in [6, 6.07) is 17.2. The van der Waals surface area contributed by atoms with Gasteiger partial charge in [0.2, 0.25) is 0 Å². The van der Waals surface area contributed by atoms with Gasteiger partial charge < -0.3 is 9.64 Å². The molecular formula is C21H19BrINO5S. The average molecular weight is 604 g/mol. The number of ether oxygens (including phenoxy) is 1. The van der Waals surface area contributed by atoms with Crippen LogP contribution in [-0.2, 0) is 24.2 Å². The Morgan fingerprint density at radius 1 is 1.07 bits per heavy atom. The number of nitrogens with zero attached hydrogens (tertiary/aromatic N) is 1. The third-order valence-electron chi connectivity index (χ3n) is 5.71. The Labute approximate surface area is 197 Å². The van der Waals surface area contributed by atoms with Gasteiger partial charge in [-0.25, -0.2) is 13.2 Å². The van der Waals surface area contributed by atoms with E-state index in [-0.39, 0.29) is 0 Å². The third-order valence-corrected chi connectivity index (χ3v) is 11.1. The minimum absolute atomic E-state index is 0.444. The minimum Gasteiger partial charge on any atom is -0.451 e. The second kappa shape index (κ2) is 7.30. The molecule has 0 saturated carbocycles. The fourth-order valence-electron chi connectivity index (χ4n) is 4.03. The molecule has 2 heterocycles. The van der Waals surface area contributed by atoms with Gasteiger partial charge in [-0.05, 0) is 25.0 Å². The maximum atomic E-state index is 13.4. The molecule has 158 valence electrons. The van der Waals surface area contributed by atoms with E-state index in [1.165, 1.54) is 13.8 Å². The van der Waals surface area contributed by atoms with Crippen LogP contribution in [0, 0.1) is 0 Å². The van der Waals surface area contributed by atoms with E-state index in [9.17, 15) is 18.0 Å². The van der Waals surface area contributed by atoms with Gasteiger partial charge in [0, 0.05) is 0 Å². The van der Waals surface area contributed by atoms with Gasteiger partial charge >= 0.3 is 5.97 Å². The molecule has 2 saturated heterocycles. The Morgan fingerprint density at radius 3 is 2.00 bits per heavy atom. The van der Waals surface area contributed by atoms with E-state index in [4.69, 9.17) is 4.74 Å². The van der Waals surface area contributed by atoms with Crippen LogP contribution in [0.25, 0.3) is 0 Å². The third kappa shape index (κ3) is 3.03. The van der Waals surface area contributed by atoms with Crippen molar-refractivity contribution in [2.45, 2.75) is 38.4 Å². The normalized spacial score (nSPS) is 28.7. The van der Waals surface area contributed by atoms with Crippen molar-refractivity contribution in [3.05, 3.63) is 71.8 Å². The average Bonchev–Trinajstić information content (AvgIpc) is 2.88. The van der Waals surface area contributed by atoms with Crippen LogP contribution in [0.3, 0.4) is 0 Å². The molecule has 0 aromatic heterocycles. The van der Waals surface area contributed by atoms with Gasteiger partial charge in [-0.2, -0.15) is 0 Å². The predicted molar refractivity (Wildman–Crippen MR) is 124 cm³/mol. The van der Waals surface area contributed by atoms with E-state index in [0.29, 0.717) is 0 Å². The highest BCUT2D eigenvalue weighted by atomic mass is 127. The number of amides is 1. The molecule has 2 aliphatic rings. The maximum Gasteiger partial charge on any atom is 0.331 e. The van der Waals surface area contributed by atoms with Crippen LogP contribution in [-0.4, -0.2) is 43.7 Å². The number of rotatable bonds is 4. The SMILES string of the molecule is CC1(C)[C@H](C(=O)OC(c2ccccc2)c2ccccc2)N2C(=O)[C@@](Br)(I)[C@H]2S1(=O)=O. The molecule has 1 amide bonds. The summed E-state index contributed by atoms with van der Waals surface area (Å²) in [6.45, 7) is 2.94. The van der Waals surface area contributed by atoms with Crippen molar-refractivity contribution in [2.24, 2.45) is 0 Å². The van der Waals surface area contributed by atoms with Crippen LogP contribution in [0.5, 0.6) is 0 Å². The molecule has 0 aliphatic carbocycles. The van der Waals surface area contributed by atoms with Gasteiger partial charge in [0.1, 0.15) is 10.8 Å². The molecule has 2 aliphatic heterocycles. The topological polar surface area (TPSA) is 80.8 Å². The first-order valence-electron chi connectivity index (χ1n) is 9.25. The number of hydrogen-bond donors (Lipinski definition) is 0. The first-order valence-corrected chi connectivity index (χ1v) is 12.7. The highest BCUT2D eigenvalue weighted by Gasteiger charge is 2.77. The van der Waals surface area contributed by atoms with Crippen LogP contribution >= 0.6 is 38.5 Å². The highest BCUT2D eigenvalue weighted by Crippen LogP contribution is 2.57. The number of β-lactam (4-membered cyclic amide) rings is 1. The number of alkyl halides is 2. The van der Waals surface area contributed by atoms with E-state index in [1.54, 1.807) is 22.6 Å². The first kappa shape index (κ1) is 21.8. The summed E-state index contributed by atoms with van der Waals surface area (Å²) in [6.07, 6.45) is -0.720. The molecule has 2 aromatic carbocycles. The zero-order valence-electron chi connectivity index (χ0n) is 16.2. The van der Waals surface area contributed by atoms with Crippen molar-refractivity contribution >= 4 is 60.2 Å². The number of fused-ring (bicyclic) bond motifs is 1. The number of carbonyl (C=O) groups is 2. The molecule has 9 heteroatoms. The molecular weight excluding hydrogens is 585 g/mol. The molecule has 0 N–H and O–H groups in total. The molecule has 2 aromatic rings. The Morgan fingerprint density at radius 2 is 1.53 bits per heavy atom. The number of halogens is 2. The molecule has 6 nitrogen and oxygen atoms in total. The Balaban J connectivity index is 1.72. The molecule has 2 fully saturated rings. The van der Waals surface area contributed by atoms with E-state index in [2.05, 4.69) is 15.9 Å². The van der Waals surface area contributed by atoms with Crippen molar-refractivity contribution in [3.8, 4) is 0 Å². The summed E-state index contributed by atoms with van der Waals surface area (Å²) in [5.41, 5.74) is 1.51. The standard InChI is InChI=1S/C21H19BrINO5S/c1-20(2)16(24-18(26)21(22,23)19(24)30(20,27)28)17(25)29-15(13-9-5-3-6-10-13)14-11-7-4-8-12-14/h3-12,15-16,19H,1-2H3/t16-,19+,21+/m0/s1. The molecule has 0 radical (unpaired) electrons. The van der Waals surface area contributed by atoms with E-state index in [0.717, 1.165) is 16.0 Å².